The SMILES string of the molecule is Cc1cccc(-c2nc(C(=O)Nc3cccc(Cl)c3)nn2-c2ccc(C)cc2C)c1. The third-order valence-electron chi connectivity index (χ3n) is 4.75. The summed E-state index contributed by atoms with van der Waals surface area (Å²) in [7, 11) is 0. The number of carbonyl (C=O) groups is 1. The van der Waals surface area contributed by atoms with Crippen molar-refractivity contribution in [3.8, 4) is 17.1 Å². The topological polar surface area (TPSA) is 59.8 Å². The van der Waals surface area contributed by atoms with Gasteiger partial charge in [-0.2, -0.15) is 0 Å². The standard InChI is InChI=1S/C24H21ClN4O/c1-15-6-4-7-18(13-15)23-27-22(24(30)26-20-9-5-8-19(25)14-20)28-29(23)21-11-10-16(2)12-17(21)3/h4-14H,1-3H3,(H,26,30). The molecule has 0 saturated carbocycles. The summed E-state index contributed by atoms with van der Waals surface area (Å²) in [6.45, 7) is 6.09. The Balaban J connectivity index is 1.80. The number of nitrogens with one attached hydrogen (secondary N) is 1. The first-order valence-electron chi connectivity index (χ1n) is 9.59. The number of amides is 1. The summed E-state index contributed by atoms with van der Waals surface area (Å²) in [5, 5.41) is 7.92. The van der Waals surface area contributed by atoms with Gasteiger partial charge in [0.25, 0.3) is 5.91 Å². The average molecular weight is 417 g/mol. The molecule has 1 N–H and O–H groups in total. The Morgan fingerprint density at radius 2 is 1.70 bits per heavy atom. The van der Waals surface area contributed by atoms with E-state index in [2.05, 4.69) is 21.5 Å². The number of hydrogen-bond acceptors (Lipinski definition) is 3. The zero-order valence-electron chi connectivity index (χ0n) is 17.0. The minimum absolute atomic E-state index is 0.0893. The van der Waals surface area contributed by atoms with E-state index in [9.17, 15) is 4.79 Å². The molecule has 0 aliphatic heterocycles. The highest BCUT2D eigenvalue weighted by Crippen LogP contribution is 2.25. The van der Waals surface area contributed by atoms with Gasteiger partial charge in [-0.05, 0) is 56.7 Å². The van der Waals surface area contributed by atoms with Crippen LogP contribution in [0.4, 0.5) is 5.69 Å². The predicted octanol–water partition coefficient (Wildman–Crippen LogP) is 5.77. The minimum Gasteiger partial charge on any atom is -0.319 e. The molecule has 30 heavy (non-hydrogen) atoms. The molecule has 5 nitrogen and oxygen atoms in total. The number of benzene rings is 3. The molecule has 1 amide bonds. The van der Waals surface area contributed by atoms with Gasteiger partial charge in [-0.1, -0.05) is 59.1 Å². The molecule has 0 aliphatic carbocycles. The monoisotopic (exact) mass is 416 g/mol. The molecule has 1 aromatic heterocycles. The van der Waals surface area contributed by atoms with E-state index >= 15 is 0 Å². The minimum atomic E-state index is -0.394. The fraction of sp³-hybridized carbons (Fsp3) is 0.125. The first-order valence-corrected chi connectivity index (χ1v) is 9.97. The predicted molar refractivity (Wildman–Crippen MR) is 120 cm³/mol. The Labute approximate surface area is 180 Å². The molecule has 0 fully saturated rings. The smallest absolute Gasteiger partial charge is 0.295 e. The molecule has 0 aliphatic rings. The molecule has 0 unspecified atom stereocenters. The van der Waals surface area contributed by atoms with Crippen LogP contribution in [0.15, 0.2) is 66.7 Å². The van der Waals surface area contributed by atoms with Gasteiger partial charge in [0.15, 0.2) is 5.82 Å². The fourth-order valence-corrected chi connectivity index (χ4v) is 3.53. The van der Waals surface area contributed by atoms with Crippen LogP contribution < -0.4 is 5.32 Å². The van der Waals surface area contributed by atoms with Crippen LogP contribution in [0.1, 0.15) is 27.3 Å². The van der Waals surface area contributed by atoms with Crippen LogP contribution in [-0.2, 0) is 0 Å². The quantitative estimate of drug-likeness (QED) is 0.459. The number of aromatic nitrogens is 3. The summed E-state index contributed by atoms with van der Waals surface area (Å²) >= 11 is 6.02. The molecule has 4 rings (SSSR count). The van der Waals surface area contributed by atoms with Gasteiger partial charge < -0.3 is 5.32 Å². The number of aryl methyl sites for hydroxylation is 3. The third kappa shape index (κ3) is 4.11. The van der Waals surface area contributed by atoms with Gasteiger partial charge in [-0.3, -0.25) is 4.79 Å². The van der Waals surface area contributed by atoms with Crippen molar-refractivity contribution in [1.29, 1.82) is 0 Å². The molecular formula is C24H21ClN4O. The van der Waals surface area contributed by atoms with Crippen molar-refractivity contribution in [2.24, 2.45) is 0 Å². The van der Waals surface area contributed by atoms with Gasteiger partial charge in [-0.15, -0.1) is 5.10 Å². The molecule has 0 radical (unpaired) electrons. The Morgan fingerprint density at radius 3 is 2.43 bits per heavy atom. The van der Waals surface area contributed by atoms with Crippen molar-refractivity contribution in [2.75, 3.05) is 5.32 Å². The maximum Gasteiger partial charge on any atom is 0.295 e. The highest BCUT2D eigenvalue weighted by Gasteiger charge is 2.20. The lowest BCUT2D eigenvalue weighted by Gasteiger charge is -2.10. The number of halogens is 1. The van der Waals surface area contributed by atoms with Crippen molar-refractivity contribution in [3.05, 3.63) is 94.3 Å². The molecule has 0 atom stereocenters. The van der Waals surface area contributed by atoms with Crippen LogP contribution in [0.3, 0.4) is 0 Å². The van der Waals surface area contributed by atoms with E-state index in [4.69, 9.17) is 11.6 Å². The van der Waals surface area contributed by atoms with E-state index in [1.54, 1.807) is 28.9 Å². The maximum atomic E-state index is 12.9. The number of carbonyl (C=O) groups excluding carboxylic acids is 1. The zero-order valence-corrected chi connectivity index (χ0v) is 17.7. The summed E-state index contributed by atoms with van der Waals surface area (Å²) in [4.78, 5) is 17.5. The average Bonchev–Trinajstić information content (AvgIpc) is 3.13. The molecule has 0 spiro atoms. The molecule has 1 heterocycles. The molecular weight excluding hydrogens is 396 g/mol. The summed E-state index contributed by atoms with van der Waals surface area (Å²) in [5.41, 5.74) is 5.68. The third-order valence-corrected chi connectivity index (χ3v) is 4.98. The Hall–Kier alpha value is -3.44. The van der Waals surface area contributed by atoms with Crippen LogP contribution in [-0.4, -0.2) is 20.7 Å². The van der Waals surface area contributed by atoms with Crippen LogP contribution in [0, 0.1) is 20.8 Å². The van der Waals surface area contributed by atoms with Gasteiger partial charge in [0.2, 0.25) is 5.82 Å². The van der Waals surface area contributed by atoms with Crippen LogP contribution in [0.25, 0.3) is 17.1 Å². The number of nitrogens with zero attached hydrogens (tertiary/aromatic N) is 3. The second-order valence-corrected chi connectivity index (χ2v) is 7.73. The van der Waals surface area contributed by atoms with Crippen molar-refractivity contribution in [2.45, 2.75) is 20.8 Å². The number of anilines is 1. The van der Waals surface area contributed by atoms with Crippen LogP contribution >= 0.6 is 11.6 Å². The van der Waals surface area contributed by atoms with Crippen molar-refractivity contribution >= 4 is 23.2 Å². The maximum absolute atomic E-state index is 12.9. The zero-order chi connectivity index (χ0) is 21.3. The second-order valence-electron chi connectivity index (χ2n) is 7.29. The Kier molecular flexibility index (Phi) is 5.38. The van der Waals surface area contributed by atoms with Gasteiger partial charge in [-0.25, -0.2) is 9.67 Å². The number of hydrogen-bond donors (Lipinski definition) is 1. The summed E-state index contributed by atoms with van der Waals surface area (Å²) in [6.07, 6.45) is 0. The highest BCUT2D eigenvalue weighted by atomic mass is 35.5. The molecule has 6 heteroatoms. The number of rotatable bonds is 4. The normalized spacial score (nSPS) is 10.8. The second kappa shape index (κ2) is 8.13. The van der Waals surface area contributed by atoms with E-state index in [0.717, 1.165) is 27.9 Å². The van der Waals surface area contributed by atoms with Crippen molar-refractivity contribution in [3.63, 3.8) is 0 Å². The lowest BCUT2D eigenvalue weighted by molar-refractivity contribution is 0.101. The Bertz CT molecular complexity index is 1250. The van der Waals surface area contributed by atoms with Crippen LogP contribution in [0.5, 0.6) is 0 Å². The van der Waals surface area contributed by atoms with Gasteiger partial charge in [0.05, 0.1) is 5.69 Å². The first kappa shape index (κ1) is 19.9. The summed E-state index contributed by atoms with van der Waals surface area (Å²) in [5.74, 6) is 0.308. The highest BCUT2D eigenvalue weighted by molar-refractivity contribution is 6.30. The van der Waals surface area contributed by atoms with Gasteiger partial charge in [0.1, 0.15) is 0 Å². The molecule has 0 bridgehead atoms. The van der Waals surface area contributed by atoms with E-state index in [0.29, 0.717) is 16.5 Å². The summed E-state index contributed by atoms with van der Waals surface area (Å²) < 4.78 is 1.73. The van der Waals surface area contributed by atoms with E-state index in [1.165, 1.54) is 0 Å². The summed E-state index contributed by atoms with van der Waals surface area (Å²) in [6, 6.07) is 21.1. The van der Waals surface area contributed by atoms with E-state index in [-0.39, 0.29) is 5.82 Å². The van der Waals surface area contributed by atoms with Crippen molar-refractivity contribution < 1.29 is 4.79 Å². The largest absolute Gasteiger partial charge is 0.319 e. The van der Waals surface area contributed by atoms with E-state index < -0.39 is 5.91 Å². The molecule has 3 aromatic carbocycles. The molecule has 4 aromatic rings. The molecule has 0 saturated heterocycles. The van der Waals surface area contributed by atoms with E-state index in [1.807, 2.05) is 57.2 Å². The van der Waals surface area contributed by atoms with Gasteiger partial charge >= 0.3 is 0 Å². The van der Waals surface area contributed by atoms with Crippen molar-refractivity contribution in [1.82, 2.24) is 14.8 Å². The lowest BCUT2D eigenvalue weighted by atomic mass is 10.1. The first-order chi connectivity index (χ1) is 14.4. The van der Waals surface area contributed by atoms with Gasteiger partial charge in [0, 0.05) is 16.3 Å². The molecule has 150 valence electrons. The fourth-order valence-electron chi connectivity index (χ4n) is 3.34. The lowest BCUT2D eigenvalue weighted by Crippen LogP contribution is -2.14. The van der Waals surface area contributed by atoms with Crippen LogP contribution in [0.2, 0.25) is 5.02 Å². The Morgan fingerprint density at radius 1 is 0.933 bits per heavy atom.